The zero-order valence-electron chi connectivity index (χ0n) is 10.7. The summed E-state index contributed by atoms with van der Waals surface area (Å²) in [6.07, 6.45) is 4.47. The standard InChI is InChI=1S/C15H19F2N/c1-18-9-15(7-11-4-12(11)8-15)6-10-2-3-13(16)5-14(10)17/h2-3,5,11-12,18H,4,6-9H2,1H3. The van der Waals surface area contributed by atoms with Gasteiger partial charge in [0, 0.05) is 12.6 Å². The Kier molecular flexibility index (Phi) is 2.89. The summed E-state index contributed by atoms with van der Waals surface area (Å²) in [4.78, 5) is 0. The van der Waals surface area contributed by atoms with Gasteiger partial charge in [-0.2, -0.15) is 0 Å². The van der Waals surface area contributed by atoms with Crippen LogP contribution in [0.3, 0.4) is 0 Å². The molecular weight excluding hydrogens is 232 g/mol. The number of hydrogen-bond donors (Lipinski definition) is 1. The van der Waals surface area contributed by atoms with Gasteiger partial charge in [-0.3, -0.25) is 0 Å². The van der Waals surface area contributed by atoms with Crippen LogP contribution in [0.5, 0.6) is 0 Å². The van der Waals surface area contributed by atoms with Gasteiger partial charge in [0.05, 0.1) is 0 Å². The molecule has 2 aliphatic carbocycles. The number of benzene rings is 1. The Morgan fingerprint density at radius 3 is 2.61 bits per heavy atom. The Bertz CT molecular complexity index is 448. The van der Waals surface area contributed by atoms with Crippen LogP contribution in [0.1, 0.15) is 24.8 Å². The SMILES string of the molecule is CNCC1(Cc2ccc(F)cc2F)CC2CC2C1. The van der Waals surface area contributed by atoms with Crippen LogP contribution in [0, 0.1) is 28.9 Å². The third-order valence-corrected chi connectivity index (χ3v) is 4.59. The molecule has 0 saturated heterocycles. The summed E-state index contributed by atoms with van der Waals surface area (Å²) in [6, 6.07) is 3.96. The third kappa shape index (κ3) is 2.16. The number of rotatable bonds is 4. The second-order valence-electron chi connectivity index (χ2n) is 6.11. The first-order valence-electron chi connectivity index (χ1n) is 6.70. The highest BCUT2D eigenvalue weighted by atomic mass is 19.1. The predicted molar refractivity (Wildman–Crippen MR) is 67.3 cm³/mol. The molecule has 98 valence electrons. The Hall–Kier alpha value is -0.960. The summed E-state index contributed by atoms with van der Waals surface area (Å²) < 4.78 is 26.7. The second kappa shape index (κ2) is 4.30. The van der Waals surface area contributed by atoms with Gasteiger partial charge in [-0.25, -0.2) is 8.78 Å². The normalized spacial score (nSPS) is 33.5. The molecule has 1 aromatic rings. The molecule has 2 atom stereocenters. The molecule has 2 fully saturated rings. The molecule has 0 bridgehead atoms. The van der Waals surface area contributed by atoms with Crippen LogP contribution < -0.4 is 5.32 Å². The molecule has 2 unspecified atom stereocenters. The fraction of sp³-hybridized carbons (Fsp3) is 0.600. The largest absolute Gasteiger partial charge is 0.319 e. The van der Waals surface area contributed by atoms with Crippen LogP contribution >= 0.6 is 0 Å². The van der Waals surface area contributed by atoms with Gasteiger partial charge in [0.2, 0.25) is 0 Å². The van der Waals surface area contributed by atoms with Gasteiger partial charge < -0.3 is 5.32 Å². The van der Waals surface area contributed by atoms with Crippen molar-refractivity contribution in [1.29, 1.82) is 0 Å². The zero-order valence-corrected chi connectivity index (χ0v) is 10.7. The van der Waals surface area contributed by atoms with Gasteiger partial charge in [0.1, 0.15) is 11.6 Å². The van der Waals surface area contributed by atoms with Crippen molar-refractivity contribution in [1.82, 2.24) is 5.32 Å². The van der Waals surface area contributed by atoms with E-state index >= 15 is 0 Å². The van der Waals surface area contributed by atoms with Gasteiger partial charge in [-0.05, 0) is 61.6 Å². The molecule has 2 saturated carbocycles. The molecule has 0 aromatic heterocycles. The minimum atomic E-state index is -0.492. The van der Waals surface area contributed by atoms with E-state index in [2.05, 4.69) is 5.32 Å². The van der Waals surface area contributed by atoms with Crippen LogP contribution in [-0.2, 0) is 6.42 Å². The first-order valence-corrected chi connectivity index (χ1v) is 6.70. The summed E-state index contributed by atoms with van der Waals surface area (Å²) >= 11 is 0. The second-order valence-corrected chi connectivity index (χ2v) is 6.11. The molecule has 0 amide bonds. The highest BCUT2D eigenvalue weighted by Gasteiger charge is 2.53. The van der Waals surface area contributed by atoms with E-state index in [-0.39, 0.29) is 5.41 Å². The van der Waals surface area contributed by atoms with E-state index in [0.29, 0.717) is 5.56 Å². The maximum absolute atomic E-state index is 13.8. The lowest BCUT2D eigenvalue weighted by Gasteiger charge is -2.31. The minimum Gasteiger partial charge on any atom is -0.319 e. The summed E-state index contributed by atoms with van der Waals surface area (Å²) in [5.41, 5.74) is 0.842. The Labute approximate surface area is 107 Å². The molecule has 1 nitrogen and oxygen atoms in total. The van der Waals surface area contributed by atoms with Crippen molar-refractivity contribution >= 4 is 0 Å². The van der Waals surface area contributed by atoms with Crippen LogP contribution in [0.4, 0.5) is 8.78 Å². The van der Waals surface area contributed by atoms with Crippen molar-refractivity contribution in [2.45, 2.75) is 25.7 Å². The van der Waals surface area contributed by atoms with Crippen LogP contribution in [0.25, 0.3) is 0 Å². The molecule has 18 heavy (non-hydrogen) atoms. The van der Waals surface area contributed by atoms with Crippen molar-refractivity contribution in [2.75, 3.05) is 13.6 Å². The Balaban J connectivity index is 1.80. The van der Waals surface area contributed by atoms with E-state index in [1.165, 1.54) is 25.3 Å². The Morgan fingerprint density at radius 1 is 1.28 bits per heavy atom. The molecule has 1 N–H and O–H groups in total. The van der Waals surface area contributed by atoms with Crippen molar-refractivity contribution in [3.05, 3.63) is 35.4 Å². The van der Waals surface area contributed by atoms with Crippen molar-refractivity contribution in [3.63, 3.8) is 0 Å². The molecule has 3 rings (SSSR count). The molecule has 0 radical (unpaired) electrons. The molecule has 0 heterocycles. The maximum atomic E-state index is 13.8. The molecule has 1 aromatic carbocycles. The zero-order chi connectivity index (χ0) is 12.8. The number of hydrogen-bond acceptors (Lipinski definition) is 1. The third-order valence-electron chi connectivity index (χ3n) is 4.59. The fourth-order valence-corrected chi connectivity index (χ4v) is 3.80. The van der Waals surface area contributed by atoms with Gasteiger partial charge >= 0.3 is 0 Å². The number of halogens is 2. The van der Waals surface area contributed by atoms with Crippen molar-refractivity contribution in [2.24, 2.45) is 17.3 Å². The van der Waals surface area contributed by atoms with Crippen LogP contribution in [0.15, 0.2) is 18.2 Å². The Morgan fingerprint density at radius 2 is 2.00 bits per heavy atom. The molecule has 3 heteroatoms. The average molecular weight is 251 g/mol. The first-order chi connectivity index (χ1) is 8.62. The topological polar surface area (TPSA) is 12.0 Å². The van der Waals surface area contributed by atoms with Crippen molar-refractivity contribution in [3.8, 4) is 0 Å². The summed E-state index contributed by atoms with van der Waals surface area (Å²) in [5, 5.41) is 3.25. The van der Waals surface area contributed by atoms with Crippen LogP contribution in [0.2, 0.25) is 0 Å². The van der Waals surface area contributed by atoms with Gasteiger partial charge in [-0.1, -0.05) is 6.07 Å². The van der Waals surface area contributed by atoms with Gasteiger partial charge in [-0.15, -0.1) is 0 Å². The summed E-state index contributed by atoms with van der Waals surface area (Å²) in [7, 11) is 1.95. The minimum absolute atomic E-state index is 0.182. The van der Waals surface area contributed by atoms with E-state index in [1.54, 1.807) is 6.07 Å². The molecule has 0 spiro atoms. The molecule has 2 aliphatic rings. The van der Waals surface area contributed by atoms with Crippen molar-refractivity contribution < 1.29 is 8.78 Å². The van der Waals surface area contributed by atoms with Gasteiger partial charge in [0.15, 0.2) is 0 Å². The van der Waals surface area contributed by atoms with E-state index < -0.39 is 11.6 Å². The quantitative estimate of drug-likeness (QED) is 0.867. The van der Waals surface area contributed by atoms with E-state index in [4.69, 9.17) is 0 Å². The van der Waals surface area contributed by atoms with E-state index in [1.807, 2.05) is 7.05 Å². The number of nitrogens with one attached hydrogen (secondary N) is 1. The van der Waals surface area contributed by atoms with E-state index in [9.17, 15) is 8.78 Å². The summed E-state index contributed by atoms with van der Waals surface area (Å²) in [5.74, 6) is 0.836. The smallest absolute Gasteiger partial charge is 0.129 e. The maximum Gasteiger partial charge on any atom is 0.129 e. The molecule has 0 aliphatic heterocycles. The van der Waals surface area contributed by atoms with Gasteiger partial charge in [0.25, 0.3) is 0 Å². The lowest BCUT2D eigenvalue weighted by molar-refractivity contribution is 0.252. The lowest BCUT2D eigenvalue weighted by Crippen LogP contribution is -2.33. The monoisotopic (exact) mass is 251 g/mol. The van der Waals surface area contributed by atoms with Crippen LogP contribution in [-0.4, -0.2) is 13.6 Å². The predicted octanol–water partition coefficient (Wildman–Crippen LogP) is 3.14. The first kappa shape index (κ1) is 12.1. The lowest BCUT2D eigenvalue weighted by atomic mass is 9.77. The highest BCUT2D eigenvalue weighted by molar-refractivity contribution is 5.22. The number of fused-ring (bicyclic) bond motifs is 1. The summed E-state index contributed by atoms with van der Waals surface area (Å²) in [6.45, 7) is 0.927. The van der Waals surface area contributed by atoms with E-state index in [0.717, 1.165) is 30.9 Å². The molecular formula is C15H19F2N. The fourth-order valence-electron chi connectivity index (χ4n) is 3.80. The highest BCUT2D eigenvalue weighted by Crippen LogP contribution is 2.60. The average Bonchev–Trinajstić information content (AvgIpc) is 2.92.